The molecule has 0 spiro atoms. The lowest BCUT2D eigenvalue weighted by Crippen LogP contribution is -2.41. The van der Waals surface area contributed by atoms with Crippen LogP contribution in [0.5, 0.6) is 0 Å². The molecule has 2 N–H and O–H groups in total. The summed E-state index contributed by atoms with van der Waals surface area (Å²) in [6.07, 6.45) is 2.73. The predicted octanol–water partition coefficient (Wildman–Crippen LogP) is 1.64. The number of nitrogens with two attached hydrogens (primary N) is 1. The Hall–Kier alpha value is -0.830. The summed E-state index contributed by atoms with van der Waals surface area (Å²) < 4.78 is 0. The fourth-order valence-corrected chi connectivity index (χ4v) is 1.61. The molecule has 0 aliphatic carbocycles. The zero-order chi connectivity index (χ0) is 11.8. The first kappa shape index (κ1) is 14.2. The first-order valence-corrected chi connectivity index (χ1v) is 5.68. The SMILES string of the molecule is C=CCN(CCC)C(=O)C(CN)C(C)C. The van der Waals surface area contributed by atoms with Gasteiger partial charge < -0.3 is 10.6 Å². The second kappa shape index (κ2) is 7.46. The summed E-state index contributed by atoms with van der Waals surface area (Å²) in [5, 5.41) is 0. The van der Waals surface area contributed by atoms with Gasteiger partial charge in [-0.1, -0.05) is 26.8 Å². The van der Waals surface area contributed by atoms with Crippen LogP contribution >= 0.6 is 0 Å². The summed E-state index contributed by atoms with van der Waals surface area (Å²) in [6, 6.07) is 0. The molecule has 1 atom stereocenters. The van der Waals surface area contributed by atoms with Crippen molar-refractivity contribution in [1.82, 2.24) is 4.90 Å². The summed E-state index contributed by atoms with van der Waals surface area (Å²) in [4.78, 5) is 13.9. The average molecular weight is 212 g/mol. The minimum atomic E-state index is -0.0588. The van der Waals surface area contributed by atoms with Gasteiger partial charge in [-0.2, -0.15) is 0 Å². The standard InChI is InChI=1S/C12H24N2O/c1-5-7-14(8-6-2)12(15)11(9-13)10(3)4/h5,10-11H,1,6-9,13H2,2-4H3. The third-order valence-electron chi connectivity index (χ3n) is 2.53. The molecule has 0 bridgehead atoms. The summed E-state index contributed by atoms with van der Waals surface area (Å²) in [5.74, 6) is 0.400. The van der Waals surface area contributed by atoms with E-state index < -0.39 is 0 Å². The normalized spacial score (nSPS) is 12.6. The highest BCUT2D eigenvalue weighted by Crippen LogP contribution is 2.13. The molecular weight excluding hydrogens is 188 g/mol. The van der Waals surface area contributed by atoms with Gasteiger partial charge in [-0.15, -0.1) is 6.58 Å². The van der Waals surface area contributed by atoms with E-state index in [9.17, 15) is 4.79 Å². The minimum Gasteiger partial charge on any atom is -0.339 e. The van der Waals surface area contributed by atoms with Gasteiger partial charge in [-0.05, 0) is 12.3 Å². The maximum atomic E-state index is 12.1. The molecule has 1 amide bonds. The van der Waals surface area contributed by atoms with Crippen LogP contribution < -0.4 is 5.73 Å². The van der Waals surface area contributed by atoms with Crippen LogP contribution in [-0.2, 0) is 4.79 Å². The Morgan fingerprint density at radius 1 is 1.53 bits per heavy atom. The van der Waals surface area contributed by atoms with Gasteiger partial charge in [0.05, 0.1) is 5.92 Å². The Bertz CT molecular complexity index is 202. The molecular formula is C12H24N2O. The van der Waals surface area contributed by atoms with Crippen molar-refractivity contribution in [3.63, 3.8) is 0 Å². The molecule has 1 unspecified atom stereocenters. The van der Waals surface area contributed by atoms with Crippen molar-refractivity contribution in [3.05, 3.63) is 12.7 Å². The number of carbonyl (C=O) groups is 1. The van der Waals surface area contributed by atoms with Gasteiger partial charge in [0.25, 0.3) is 0 Å². The van der Waals surface area contributed by atoms with E-state index in [1.807, 2.05) is 18.7 Å². The van der Waals surface area contributed by atoms with Crippen molar-refractivity contribution in [2.75, 3.05) is 19.6 Å². The molecule has 0 fully saturated rings. The van der Waals surface area contributed by atoms with E-state index in [0.717, 1.165) is 13.0 Å². The van der Waals surface area contributed by atoms with Gasteiger partial charge in [-0.3, -0.25) is 4.79 Å². The second-order valence-electron chi connectivity index (χ2n) is 4.16. The van der Waals surface area contributed by atoms with Gasteiger partial charge in [0.2, 0.25) is 5.91 Å². The minimum absolute atomic E-state index is 0.0588. The third-order valence-corrected chi connectivity index (χ3v) is 2.53. The zero-order valence-electron chi connectivity index (χ0n) is 10.2. The van der Waals surface area contributed by atoms with Crippen LogP contribution in [0.1, 0.15) is 27.2 Å². The number of nitrogens with zero attached hydrogens (tertiary/aromatic N) is 1. The van der Waals surface area contributed by atoms with Gasteiger partial charge >= 0.3 is 0 Å². The van der Waals surface area contributed by atoms with Crippen molar-refractivity contribution < 1.29 is 4.79 Å². The number of amides is 1. The Morgan fingerprint density at radius 3 is 2.47 bits per heavy atom. The Kier molecular flexibility index (Phi) is 7.05. The van der Waals surface area contributed by atoms with Crippen LogP contribution in [0.4, 0.5) is 0 Å². The summed E-state index contributed by atoms with van der Waals surface area (Å²) in [6.45, 7) is 11.6. The van der Waals surface area contributed by atoms with Crippen LogP contribution in [-0.4, -0.2) is 30.4 Å². The van der Waals surface area contributed by atoms with Crippen LogP contribution in [0, 0.1) is 11.8 Å². The number of rotatable bonds is 7. The number of hydrogen-bond donors (Lipinski definition) is 1. The predicted molar refractivity (Wildman–Crippen MR) is 64.5 cm³/mol. The van der Waals surface area contributed by atoms with Crippen LogP contribution in [0.15, 0.2) is 12.7 Å². The van der Waals surface area contributed by atoms with Crippen LogP contribution in [0.2, 0.25) is 0 Å². The van der Waals surface area contributed by atoms with E-state index in [0.29, 0.717) is 19.0 Å². The Labute approximate surface area is 93.3 Å². The quantitative estimate of drug-likeness (QED) is 0.652. The zero-order valence-corrected chi connectivity index (χ0v) is 10.2. The van der Waals surface area contributed by atoms with Crippen molar-refractivity contribution in [2.45, 2.75) is 27.2 Å². The van der Waals surface area contributed by atoms with Crippen molar-refractivity contribution in [1.29, 1.82) is 0 Å². The molecule has 88 valence electrons. The van der Waals surface area contributed by atoms with E-state index in [4.69, 9.17) is 5.73 Å². The fourth-order valence-electron chi connectivity index (χ4n) is 1.61. The first-order valence-electron chi connectivity index (χ1n) is 5.68. The summed E-state index contributed by atoms with van der Waals surface area (Å²) in [7, 11) is 0. The molecule has 0 heterocycles. The molecule has 0 aromatic heterocycles. The van der Waals surface area contributed by atoms with E-state index in [1.54, 1.807) is 6.08 Å². The Morgan fingerprint density at radius 2 is 2.13 bits per heavy atom. The molecule has 0 saturated carbocycles. The summed E-state index contributed by atoms with van der Waals surface area (Å²) >= 11 is 0. The topological polar surface area (TPSA) is 46.3 Å². The largest absolute Gasteiger partial charge is 0.339 e. The van der Waals surface area contributed by atoms with Crippen molar-refractivity contribution in [3.8, 4) is 0 Å². The van der Waals surface area contributed by atoms with E-state index in [1.165, 1.54) is 0 Å². The number of hydrogen-bond acceptors (Lipinski definition) is 2. The fraction of sp³-hybridized carbons (Fsp3) is 0.750. The smallest absolute Gasteiger partial charge is 0.227 e. The Balaban J connectivity index is 4.50. The van der Waals surface area contributed by atoms with Gasteiger partial charge in [0, 0.05) is 19.6 Å². The monoisotopic (exact) mass is 212 g/mol. The van der Waals surface area contributed by atoms with Gasteiger partial charge in [-0.25, -0.2) is 0 Å². The highest BCUT2D eigenvalue weighted by Gasteiger charge is 2.24. The van der Waals surface area contributed by atoms with Gasteiger partial charge in [0.15, 0.2) is 0 Å². The van der Waals surface area contributed by atoms with Crippen molar-refractivity contribution >= 4 is 5.91 Å². The molecule has 0 saturated heterocycles. The highest BCUT2D eigenvalue weighted by molar-refractivity contribution is 5.79. The highest BCUT2D eigenvalue weighted by atomic mass is 16.2. The van der Waals surface area contributed by atoms with E-state index >= 15 is 0 Å². The lowest BCUT2D eigenvalue weighted by molar-refractivity contribution is -0.136. The maximum absolute atomic E-state index is 12.1. The van der Waals surface area contributed by atoms with Crippen LogP contribution in [0.3, 0.4) is 0 Å². The average Bonchev–Trinajstić information content (AvgIpc) is 2.17. The van der Waals surface area contributed by atoms with Crippen molar-refractivity contribution in [2.24, 2.45) is 17.6 Å². The molecule has 3 nitrogen and oxygen atoms in total. The molecule has 0 aliphatic heterocycles. The number of carbonyl (C=O) groups excluding carboxylic acids is 1. The molecule has 0 aliphatic rings. The lowest BCUT2D eigenvalue weighted by Gasteiger charge is -2.27. The van der Waals surface area contributed by atoms with E-state index in [2.05, 4.69) is 13.5 Å². The summed E-state index contributed by atoms with van der Waals surface area (Å²) in [5.41, 5.74) is 5.63. The van der Waals surface area contributed by atoms with Crippen LogP contribution in [0.25, 0.3) is 0 Å². The first-order chi connectivity index (χ1) is 7.08. The van der Waals surface area contributed by atoms with Gasteiger partial charge in [0.1, 0.15) is 0 Å². The molecule has 0 radical (unpaired) electrons. The molecule has 3 heteroatoms. The molecule has 0 aromatic carbocycles. The molecule has 0 aromatic rings. The maximum Gasteiger partial charge on any atom is 0.227 e. The second-order valence-corrected chi connectivity index (χ2v) is 4.16. The molecule has 0 rings (SSSR count). The lowest BCUT2D eigenvalue weighted by atomic mass is 9.94. The van der Waals surface area contributed by atoms with E-state index in [-0.39, 0.29) is 11.8 Å². The molecule has 15 heavy (non-hydrogen) atoms. The third kappa shape index (κ3) is 4.47.